The molecule has 1 saturated heterocycles. The maximum atomic E-state index is 13.7. The summed E-state index contributed by atoms with van der Waals surface area (Å²) in [5.74, 6) is -1.49. The zero-order valence-corrected chi connectivity index (χ0v) is 25.0. The van der Waals surface area contributed by atoms with Gasteiger partial charge in [0, 0.05) is 63.7 Å². The SMILES string of the molecule is [2H]C1(C(C)=O)C(=O)N(C2CCCC2)c2nc(Nc3ccc(N4CCN(Cc5ccc(CCl)cc5)CC4)cn3)ncc2C1C. The summed E-state index contributed by atoms with van der Waals surface area (Å²) in [6, 6.07) is 12.4. The van der Waals surface area contributed by atoms with Gasteiger partial charge in [-0.2, -0.15) is 4.98 Å². The molecule has 1 amide bonds. The quantitative estimate of drug-likeness (QED) is 0.281. The molecular weight excluding hydrogens is 550 g/mol. The summed E-state index contributed by atoms with van der Waals surface area (Å²) in [6.45, 7) is 7.78. The Balaban J connectivity index is 1.13. The fraction of sp³-hybridized carbons (Fsp3) is 0.469. The highest BCUT2D eigenvalue weighted by molar-refractivity contribution is 6.17. The normalized spacial score (nSPS) is 23.5. The Bertz CT molecular complexity index is 1470. The molecule has 0 bridgehead atoms. The number of nitrogens with zero attached hydrogens (tertiary/aromatic N) is 6. The van der Waals surface area contributed by atoms with Crippen LogP contribution in [0.25, 0.3) is 0 Å². The Kier molecular flexibility index (Phi) is 8.02. The Hall–Kier alpha value is -3.56. The van der Waals surface area contributed by atoms with E-state index in [4.69, 9.17) is 18.0 Å². The number of halogens is 1. The molecular formula is C32H38ClN7O2. The van der Waals surface area contributed by atoms with E-state index in [2.05, 4.69) is 49.4 Å². The number of aromatic nitrogens is 3. The largest absolute Gasteiger partial charge is 0.368 e. The Morgan fingerprint density at radius 3 is 2.38 bits per heavy atom. The van der Waals surface area contributed by atoms with Crippen molar-refractivity contribution >= 4 is 46.6 Å². The lowest BCUT2D eigenvalue weighted by atomic mass is 9.81. The number of hydrogen-bond acceptors (Lipinski definition) is 8. The summed E-state index contributed by atoms with van der Waals surface area (Å²) in [5.41, 5.74) is 4.15. The molecule has 3 aliphatic rings. The second-order valence-corrected chi connectivity index (χ2v) is 11.8. The van der Waals surface area contributed by atoms with E-state index >= 15 is 0 Å². The lowest BCUT2D eigenvalue weighted by Gasteiger charge is -2.39. The molecule has 2 aromatic heterocycles. The first kappa shape index (κ1) is 27.3. The van der Waals surface area contributed by atoms with Gasteiger partial charge in [-0.15, -0.1) is 11.6 Å². The topological polar surface area (TPSA) is 94.6 Å². The zero-order chi connectivity index (χ0) is 30.1. The number of carbonyl (C=O) groups excluding carboxylic acids is 2. The van der Waals surface area contributed by atoms with Crippen molar-refractivity contribution in [2.45, 2.75) is 63.9 Å². The molecule has 9 nitrogen and oxygen atoms in total. The molecule has 1 N–H and O–H groups in total. The third-order valence-electron chi connectivity index (χ3n) is 8.75. The van der Waals surface area contributed by atoms with Crippen molar-refractivity contribution in [3.63, 3.8) is 0 Å². The maximum absolute atomic E-state index is 13.7. The number of alkyl halides is 1. The second-order valence-electron chi connectivity index (χ2n) is 11.5. The summed E-state index contributed by atoms with van der Waals surface area (Å²) >= 11 is 5.92. The molecule has 3 aromatic rings. The van der Waals surface area contributed by atoms with Gasteiger partial charge in [0.2, 0.25) is 11.9 Å². The number of carbonyl (C=O) groups is 2. The van der Waals surface area contributed by atoms with Crippen LogP contribution < -0.4 is 15.1 Å². The van der Waals surface area contributed by atoms with Crippen molar-refractivity contribution in [2.24, 2.45) is 5.89 Å². The summed E-state index contributed by atoms with van der Waals surface area (Å²) in [7, 11) is 0. The fourth-order valence-corrected chi connectivity index (χ4v) is 6.56. The van der Waals surface area contributed by atoms with Gasteiger partial charge < -0.3 is 10.2 Å². The molecule has 4 heterocycles. The minimum absolute atomic E-state index is 0.0695. The molecule has 2 fully saturated rings. The van der Waals surface area contributed by atoms with Crippen molar-refractivity contribution in [1.29, 1.82) is 0 Å². The summed E-state index contributed by atoms with van der Waals surface area (Å²) in [5, 5.41) is 3.19. The summed E-state index contributed by atoms with van der Waals surface area (Å²) in [6.07, 6.45) is 7.19. The van der Waals surface area contributed by atoms with Crippen LogP contribution >= 0.6 is 11.6 Å². The number of Topliss-reactive ketones (excluding diaryl/α,β-unsaturated/α-hetero) is 1. The van der Waals surface area contributed by atoms with Crippen LogP contribution in [0.5, 0.6) is 0 Å². The Morgan fingerprint density at radius 1 is 1.02 bits per heavy atom. The number of fused-ring (bicyclic) bond motifs is 1. The first-order chi connectivity index (χ1) is 20.8. The highest BCUT2D eigenvalue weighted by atomic mass is 35.5. The van der Waals surface area contributed by atoms with E-state index in [1.807, 2.05) is 18.3 Å². The van der Waals surface area contributed by atoms with Crippen molar-refractivity contribution in [2.75, 3.05) is 41.3 Å². The molecule has 220 valence electrons. The van der Waals surface area contributed by atoms with Gasteiger partial charge in [0.25, 0.3) is 0 Å². The first-order valence-corrected chi connectivity index (χ1v) is 15.4. The summed E-state index contributed by atoms with van der Waals surface area (Å²) in [4.78, 5) is 46.5. The molecule has 0 radical (unpaired) electrons. The minimum Gasteiger partial charge on any atom is -0.368 e. The molecule has 1 saturated carbocycles. The van der Waals surface area contributed by atoms with E-state index in [9.17, 15) is 9.59 Å². The van der Waals surface area contributed by atoms with Gasteiger partial charge in [-0.1, -0.05) is 44.0 Å². The molecule has 0 spiro atoms. The van der Waals surface area contributed by atoms with Crippen LogP contribution in [0.3, 0.4) is 0 Å². The van der Waals surface area contributed by atoms with Gasteiger partial charge in [-0.25, -0.2) is 9.97 Å². The number of pyridine rings is 1. The van der Waals surface area contributed by atoms with Crippen molar-refractivity contribution in [1.82, 2.24) is 19.9 Å². The average Bonchev–Trinajstić information content (AvgIpc) is 3.56. The monoisotopic (exact) mass is 588 g/mol. The molecule has 6 rings (SSSR count). The highest BCUT2D eigenvalue weighted by Crippen LogP contribution is 2.42. The number of nitrogens with one attached hydrogen (secondary N) is 1. The highest BCUT2D eigenvalue weighted by Gasteiger charge is 2.45. The number of piperazine rings is 1. The van der Waals surface area contributed by atoms with Crippen molar-refractivity contribution in [3.8, 4) is 0 Å². The number of rotatable bonds is 8. The lowest BCUT2D eigenvalue weighted by Crippen LogP contribution is -2.50. The van der Waals surface area contributed by atoms with Crippen LogP contribution in [-0.2, 0) is 22.0 Å². The van der Waals surface area contributed by atoms with E-state index in [1.54, 1.807) is 18.0 Å². The van der Waals surface area contributed by atoms with Crippen molar-refractivity contribution < 1.29 is 11.0 Å². The predicted octanol–water partition coefficient (Wildman–Crippen LogP) is 5.27. The Labute approximate surface area is 253 Å². The van der Waals surface area contributed by atoms with Crippen LogP contribution in [0.15, 0.2) is 48.8 Å². The van der Waals surface area contributed by atoms with E-state index in [0.717, 1.165) is 69.7 Å². The lowest BCUT2D eigenvalue weighted by molar-refractivity contribution is -0.132. The maximum Gasteiger partial charge on any atom is 0.239 e. The van der Waals surface area contributed by atoms with Gasteiger partial charge in [0.1, 0.15) is 23.3 Å². The molecule has 2 atom stereocenters. The number of benzene rings is 1. The van der Waals surface area contributed by atoms with Gasteiger partial charge >= 0.3 is 0 Å². The number of ketones is 1. The van der Waals surface area contributed by atoms with E-state index < -0.39 is 23.5 Å². The molecule has 10 heteroatoms. The third kappa shape index (κ3) is 5.85. The number of amides is 1. The van der Waals surface area contributed by atoms with Crippen LogP contribution in [0.2, 0.25) is 0 Å². The van der Waals surface area contributed by atoms with Crippen LogP contribution in [0.1, 0.15) is 63.5 Å². The minimum atomic E-state index is -1.87. The van der Waals surface area contributed by atoms with Gasteiger partial charge in [0.05, 0.1) is 11.9 Å². The predicted molar refractivity (Wildman–Crippen MR) is 165 cm³/mol. The van der Waals surface area contributed by atoms with E-state index in [1.165, 1.54) is 12.5 Å². The number of hydrogen-bond donors (Lipinski definition) is 1. The molecule has 1 aliphatic carbocycles. The van der Waals surface area contributed by atoms with E-state index in [0.29, 0.717) is 29.0 Å². The van der Waals surface area contributed by atoms with Gasteiger partial charge in [-0.3, -0.25) is 19.4 Å². The van der Waals surface area contributed by atoms with Crippen LogP contribution in [0.4, 0.5) is 23.3 Å². The summed E-state index contributed by atoms with van der Waals surface area (Å²) < 4.78 is 8.89. The molecule has 2 aliphatic heterocycles. The second kappa shape index (κ2) is 12.4. The third-order valence-corrected chi connectivity index (χ3v) is 9.06. The molecule has 42 heavy (non-hydrogen) atoms. The van der Waals surface area contributed by atoms with Crippen LogP contribution in [0, 0.1) is 5.89 Å². The first-order valence-electron chi connectivity index (χ1n) is 15.3. The van der Waals surface area contributed by atoms with Gasteiger partial charge in [-0.05, 0) is 43.0 Å². The van der Waals surface area contributed by atoms with E-state index in [-0.39, 0.29) is 6.04 Å². The molecule has 1 aromatic carbocycles. The smallest absolute Gasteiger partial charge is 0.239 e. The Morgan fingerprint density at radius 2 is 1.74 bits per heavy atom. The van der Waals surface area contributed by atoms with Crippen molar-refractivity contribution in [3.05, 3.63) is 65.5 Å². The van der Waals surface area contributed by atoms with Gasteiger partial charge in [0.15, 0.2) is 0 Å². The number of anilines is 4. The fourth-order valence-electron chi connectivity index (χ4n) is 6.38. The zero-order valence-electron chi connectivity index (χ0n) is 25.2. The average molecular weight is 589 g/mol. The van der Waals surface area contributed by atoms with Crippen LogP contribution in [-0.4, -0.2) is 63.8 Å². The molecule has 2 unspecified atom stereocenters. The standard InChI is InChI=1S/C32H38ClN7O2/c1-21-27-19-35-32(37-30(27)40(25-5-3-4-6-25)31(42)29(21)22(2)41)36-28-12-11-26(18-34-28)39-15-13-38(14-16-39)20-24-9-7-23(17-33)8-10-24/h7-12,18-19,21,25,29H,3-6,13-17,20H2,1-2H3,(H,34,35,36,37)/i29D.